The molecule has 0 saturated heterocycles. The second-order valence-corrected chi connectivity index (χ2v) is 3.40. The van der Waals surface area contributed by atoms with Crippen molar-refractivity contribution in [2.24, 2.45) is 0 Å². The van der Waals surface area contributed by atoms with Crippen LogP contribution in [-0.4, -0.2) is 31.5 Å². The highest BCUT2D eigenvalue weighted by atomic mass is 16.7. The molecular weight excluding hydrogens is 194 g/mol. The topological polar surface area (TPSA) is 47.6 Å². The molecule has 0 aliphatic heterocycles. The Morgan fingerprint density at radius 2 is 1.73 bits per heavy atom. The van der Waals surface area contributed by atoms with E-state index >= 15 is 0 Å². The summed E-state index contributed by atoms with van der Waals surface area (Å²) in [5.41, 5.74) is 0. The molecule has 90 valence electrons. The van der Waals surface area contributed by atoms with Crippen LogP contribution in [-0.2, 0) is 14.3 Å². The molecule has 0 bridgehead atoms. The van der Waals surface area contributed by atoms with Crippen LogP contribution in [0.1, 0.15) is 40.5 Å². The van der Waals surface area contributed by atoms with Gasteiger partial charge in [-0.05, 0) is 20.8 Å². The van der Waals surface area contributed by atoms with Gasteiger partial charge in [0.15, 0.2) is 6.29 Å². The van der Waals surface area contributed by atoms with Crippen molar-refractivity contribution in [1.29, 1.82) is 0 Å². The predicted molar refractivity (Wildman–Crippen MR) is 59.6 cm³/mol. The molecule has 0 rings (SSSR count). The molecule has 1 N–H and O–H groups in total. The number of rotatable bonds is 8. The van der Waals surface area contributed by atoms with E-state index in [1.807, 2.05) is 27.7 Å². The van der Waals surface area contributed by atoms with Gasteiger partial charge in [0, 0.05) is 32.1 Å². The van der Waals surface area contributed by atoms with E-state index in [0.717, 1.165) is 0 Å². The maximum Gasteiger partial charge on any atom is 0.219 e. The predicted octanol–water partition coefficient (Wildman–Crippen LogP) is 1.69. The third kappa shape index (κ3) is 7.33. The number of hydrogen-bond acceptors (Lipinski definition) is 3. The van der Waals surface area contributed by atoms with Crippen LogP contribution in [0.15, 0.2) is 0 Å². The first kappa shape index (κ1) is 14.4. The molecule has 0 aromatic carbocycles. The lowest BCUT2D eigenvalue weighted by Crippen LogP contribution is -2.36. The number of nitrogens with one attached hydrogen (secondary N) is 1. The number of amides is 1. The lowest BCUT2D eigenvalue weighted by molar-refractivity contribution is -0.143. The molecule has 15 heavy (non-hydrogen) atoms. The lowest BCUT2D eigenvalue weighted by Gasteiger charge is -2.21. The highest BCUT2D eigenvalue weighted by Gasteiger charge is 2.14. The van der Waals surface area contributed by atoms with Crippen LogP contribution in [0.2, 0.25) is 0 Å². The van der Waals surface area contributed by atoms with Crippen molar-refractivity contribution in [3.63, 3.8) is 0 Å². The molecule has 0 aliphatic carbocycles. The Morgan fingerprint density at radius 3 is 2.13 bits per heavy atom. The maximum absolute atomic E-state index is 11.1. The quantitative estimate of drug-likeness (QED) is 0.629. The summed E-state index contributed by atoms with van der Waals surface area (Å²) in [6, 6.07) is 0.0838. The second-order valence-electron chi connectivity index (χ2n) is 3.40. The Hall–Kier alpha value is -0.610. The van der Waals surface area contributed by atoms with Gasteiger partial charge in [0.05, 0.1) is 0 Å². The van der Waals surface area contributed by atoms with Crippen LogP contribution in [0.3, 0.4) is 0 Å². The van der Waals surface area contributed by atoms with E-state index in [0.29, 0.717) is 26.1 Å². The molecule has 1 atom stereocenters. The minimum atomic E-state index is -0.216. The number of carbonyl (C=O) groups excluding carboxylic acids is 1. The molecule has 1 amide bonds. The largest absolute Gasteiger partial charge is 0.353 e. The van der Waals surface area contributed by atoms with Crippen LogP contribution >= 0.6 is 0 Å². The van der Waals surface area contributed by atoms with Crippen molar-refractivity contribution in [2.75, 3.05) is 13.2 Å². The van der Waals surface area contributed by atoms with E-state index in [4.69, 9.17) is 9.47 Å². The van der Waals surface area contributed by atoms with Crippen molar-refractivity contribution >= 4 is 5.91 Å². The first-order chi connectivity index (χ1) is 7.13. The van der Waals surface area contributed by atoms with Gasteiger partial charge in [-0.15, -0.1) is 0 Å². The fraction of sp³-hybridized carbons (Fsp3) is 0.909. The summed E-state index contributed by atoms with van der Waals surface area (Å²) in [6.07, 6.45) is 0.984. The lowest BCUT2D eigenvalue weighted by atomic mass is 10.2. The molecule has 0 radical (unpaired) electrons. The van der Waals surface area contributed by atoms with Gasteiger partial charge in [0.25, 0.3) is 0 Å². The van der Waals surface area contributed by atoms with Crippen LogP contribution in [0.25, 0.3) is 0 Å². The van der Waals surface area contributed by atoms with E-state index in [9.17, 15) is 4.79 Å². The zero-order valence-corrected chi connectivity index (χ0v) is 10.2. The Morgan fingerprint density at radius 1 is 1.20 bits per heavy atom. The van der Waals surface area contributed by atoms with Crippen LogP contribution in [0.5, 0.6) is 0 Å². The van der Waals surface area contributed by atoms with Crippen LogP contribution in [0.4, 0.5) is 0 Å². The normalized spacial score (nSPS) is 12.9. The van der Waals surface area contributed by atoms with Gasteiger partial charge in [-0.2, -0.15) is 0 Å². The van der Waals surface area contributed by atoms with Gasteiger partial charge >= 0.3 is 0 Å². The van der Waals surface area contributed by atoms with Gasteiger partial charge in [-0.3, -0.25) is 4.79 Å². The first-order valence-corrected chi connectivity index (χ1v) is 5.66. The van der Waals surface area contributed by atoms with Gasteiger partial charge < -0.3 is 14.8 Å². The summed E-state index contributed by atoms with van der Waals surface area (Å²) in [7, 11) is 0. The fourth-order valence-electron chi connectivity index (χ4n) is 1.28. The highest BCUT2D eigenvalue weighted by Crippen LogP contribution is 2.05. The Labute approximate surface area is 92.3 Å². The third-order valence-electron chi connectivity index (χ3n) is 1.98. The molecule has 0 heterocycles. The van der Waals surface area contributed by atoms with Gasteiger partial charge in [-0.25, -0.2) is 0 Å². The molecule has 4 heteroatoms. The smallest absolute Gasteiger partial charge is 0.219 e. The standard InChI is InChI=1S/C11H23NO3/c1-5-10(13)12-9(4)8-11(14-6-2)15-7-3/h9,11H,5-8H2,1-4H3,(H,12,13). The van der Waals surface area contributed by atoms with Crippen LogP contribution < -0.4 is 5.32 Å². The second kappa shape index (κ2) is 8.68. The summed E-state index contributed by atoms with van der Waals surface area (Å²) < 4.78 is 10.8. The molecule has 4 nitrogen and oxygen atoms in total. The molecule has 0 saturated carbocycles. The average Bonchev–Trinajstić information content (AvgIpc) is 2.18. The molecule has 0 aromatic rings. The first-order valence-electron chi connectivity index (χ1n) is 5.66. The SMILES string of the molecule is CCOC(CC(C)NC(=O)CC)OCC. The minimum Gasteiger partial charge on any atom is -0.353 e. The maximum atomic E-state index is 11.1. The summed E-state index contributed by atoms with van der Waals surface area (Å²) >= 11 is 0. The zero-order chi connectivity index (χ0) is 11.7. The van der Waals surface area contributed by atoms with Crippen molar-refractivity contribution in [3.05, 3.63) is 0 Å². The molecule has 1 unspecified atom stereocenters. The van der Waals surface area contributed by atoms with Crippen molar-refractivity contribution in [2.45, 2.75) is 52.9 Å². The van der Waals surface area contributed by atoms with Gasteiger partial charge in [0.2, 0.25) is 5.91 Å². The Kier molecular flexibility index (Phi) is 8.33. The Bertz CT molecular complexity index is 167. The minimum absolute atomic E-state index is 0.0641. The van der Waals surface area contributed by atoms with Gasteiger partial charge in [0.1, 0.15) is 0 Å². The van der Waals surface area contributed by atoms with Crippen LogP contribution in [0, 0.1) is 0 Å². The van der Waals surface area contributed by atoms with Gasteiger partial charge in [-0.1, -0.05) is 6.92 Å². The third-order valence-corrected chi connectivity index (χ3v) is 1.98. The van der Waals surface area contributed by atoms with Crippen molar-refractivity contribution < 1.29 is 14.3 Å². The summed E-state index contributed by atoms with van der Waals surface area (Å²) in [5, 5.41) is 2.88. The highest BCUT2D eigenvalue weighted by molar-refractivity contribution is 5.75. The molecule has 0 spiro atoms. The number of ether oxygens (including phenoxy) is 2. The van der Waals surface area contributed by atoms with Crippen molar-refractivity contribution in [3.8, 4) is 0 Å². The molecule has 0 fully saturated rings. The van der Waals surface area contributed by atoms with E-state index < -0.39 is 0 Å². The van der Waals surface area contributed by atoms with E-state index in [-0.39, 0.29) is 18.2 Å². The molecule has 0 aliphatic rings. The van der Waals surface area contributed by atoms with E-state index in [2.05, 4.69) is 5.32 Å². The number of hydrogen-bond donors (Lipinski definition) is 1. The summed E-state index contributed by atoms with van der Waals surface area (Å²) in [4.78, 5) is 11.1. The zero-order valence-electron chi connectivity index (χ0n) is 10.2. The monoisotopic (exact) mass is 217 g/mol. The Balaban J connectivity index is 3.87. The summed E-state index contributed by atoms with van der Waals surface area (Å²) in [5.74, 6) is 0.0641. The van der Waals surface area contributed by atoms with Crippen molar-refractivity contribution in [1.82, 2.24) is 5.32 Å². The van der Waals surface area contributed by atoms with E-state index in [1.165, 1.54) is 0 Å². The molecular formula is C11H23NO3. The van der Waals surface area contributed by atoms with E-state index in [1.54, 1.807) is 0 Å². The fourth-order valence-corrected chi connectivity index (χ4v) is 1.28. The molecule has 0 aromatic heterocycles. The average molecular weight is 217 g/mol. The summed E-state index contributed by atoms with van der Waals surface area (Å²) in [6.45, 7) is 8.91. The number of carbonyl (C=O) groups is 1.